The molecule has 0 saturated heterocycles. The highest BCUT2D eigenvalue weighted by molar-refractivity contribution is 6.26. The van der Waals surface area contributed by atoms with E-state index in [1.54, 1.807) is 19.3 Å². The van der Waals surface area contributed by atoms with Crippen molar-refractivity contribution in [3.63, 3.8) is 0 Å². The molecule has 1 heterocycles. The number of benzene rings is 2. The lowest BCUT2D eigenvalue weighted by atomic mass is 10.00. The van der Waals surface area contributed by atoms with Gasteiger partial charge in [-0.15, -0.1) is 0 Å². The molecule has 0 atom stereocenters. The predicted molar refractivity (Wildman–Crippen MR) is 93.3 cm³/mol. The third kappa shape index (κ3) is 3.71. The number of carbonyl (C=O) groups excluding carboxylic acids is 2. The van der Waals surface area contributed by atoms with Gasteiger partial charge in [0.05, 0.1) is 19.8 Å². The van der Waals surface area contributed by atoms with E-state index in [1.165, 1.54) is 7.11 Å². The van der Waals surface area contributed by atoms with Gasteiger partial charge in [-0.25, -0.2) is 4.79 Å². The summed E-state index contributed by atoms with van der Waals surface area (Å²) in [7, 11) is 2.97. The van der Waals surface area contributed by atoms with Crippen molar-refractivity contribution in [1.82, 2.24) is 0 Å². The van der Waals surface area contributed by atoms with E-state index in [1.807, 2.05) is 36.4 Å². The molecule has 0 unspecified atom stereocenters. The molecule has 5 heteroatoms. The maximum absolute atomic E-state index is 12.2. The van der Waals surface area contributed by atoms with E-state index in [0.717, 1.165) is 22.4 Å². The van der Waals surface area contributed by atoms with E-state index >= 15 is 0 Å². The van der Waals surface area contributed by atoms with E-state index < -0.39 is 0 Å². The second-order valence-electron chi connectivity index (χ2n) is 5.63. The summed E-state index contributed by atoms with van der Waals surface area (Å²) in [5, 5.41) is 0. The molecule has 1 aliphatic rings. The Balaban J connectivity index is 1.88. The fraction of sp³-hybridized carbons (Fsp3) is 0.200. The Labute approximate surface area is 145 Å². The van der Waals surface area contributed by atoms with Gasteiger partial charge in [0.25, 0.3) is 0 Å². The van der Waals surface area contributed by atoms with Gasteiger partial charge in [-0.05, 0) is 47.9 Å². The molecule has 5 nitrogen and oxygen atoms in total. The highest BCUT2D eigenvalue weighted by Crippen LogP contribution is 2.36. The van der Waals surface area contributed by atoms with Crippen LogP contribution in [0.1, 0.15) is 23.1 Å². The topological polar surface area (TPSA) is 61.8 Å². The summed E-state index contributed by atoms with van der Waals surface area (Å²) in [6.45, 7) is 0. The van der Waals surface area contributed by atoms with Gasteiger partial charge >= 0.3 is 11.9 Å². The summed E-state index contributed by atoms with van der Waals surface area (Å²) >= 11 is 0. The number of fused-ring (bicyclic) bond motifs is 1. The second kappa shape index (κ2) is 7.21. The van der Waals surface area contributed by atoms with E-state index in [4.69, 9.17) is 9.47 Å². The highest BCUT2D eigenvalue weighted by Gasteiger charge is 2.27. The summed E-state index contributed by atoms with van der Waals surface area (Å²) in [5.41, 5.74) is 3.06. The van der Waals surface area contributed by atoms with Crippen LogP contribution in [-0.4, -0.2) is 26.2 Å². The number of ether oxygens (including phenoxy) is 3. The molecule has 0 N–H and O–H groups in total. The number of hydrogen-bond acceptors (Lipinski definition) is 5. The quantitative estimate of drug-likeness (QED) is 0.476. The number of hydrogen-bond donors (Lipinski definition) is 0. The van der Waals surface area contributed by atoms with Crippen LogP contribution in [0.3, 0.4) is 0 Å². The Hall–Kier alpha value is -3.08. The zero-order chi connectivity index (χ0) is 17.8. The monoisotopic (exact) mass is 338 g/mol. The zero-order valence-electron chi connectivity index (χ0n) is 14.1. The van der Waals surface area contributed by atoms with Gasteiger partial charge in [0, 0.05) is 12.0 Å². The molecular formula is C20H18O5. The number of rotatable bonds is 5. The molecule has 2 aromatic rings. The van der Waals surface area contributed by atoms with Crippen LogP contribution in [0.25, 0.3) is 11.6 Å². The Morgan fingerprint density at radius 2 is 1.88 bits per heavy atom. The van der Waals surface area contributed by atoms with Crippen LogP contribution in [0, 0.1) is 0 Å². The molecule has 128 valence electrons. The average molecular weight is 338 g/mol. The maximum Gasteiger partial charge on any atom is 0.344 e. The number of esters is 2. The van der Waals surface area contributed by atoms with Crippen molar-refractivity contribution in [3.8, 4) is 11.5 Å². The largest absolute Gasteiger partial charge is 0.497 e. The summed E-state index contributed by atoms with van der Waals surface area (Å²) in [6, 6.07) is 12.9. The fourth-order valence-corrected chi connectivity index (χ4v) is 2.65. The second-order valence-corrected chi connectivity index (χ2v) is 5.63. The first-order chi connectivity index (χ1) is 12.1. The molecule has 1 aliphatic heterocycles. The Morgan fingerprint density at radius 3 is 2.56 bits per heavy atom. The molecule has 0 fully saturated rings. The lowest BCUT2D eigenvalue weighted by molar-refractivity contribution is -0.140. The number of carbonyl (C=O) groups is 2. The molecule has 0 radical (unpaired) electrons. The summed E-state index contributed by atoms with van der Waals surface area (Å²) in [4.78, 5) is 23.5. The summed E-state index contributed by atoms with van der Waals surface area (Å²) in [5.74, 6) is 0.644. The van der Waals surface area contributed by atoms with Crippen molar-refractivity contribution in [2.75, 3.05) is 14.2 Å². The van der Waals surface area contributed by atoms with Crippen molar-refractivity contribution < 1.29 is 23.8 Å². The lowest BCUT2D eigenvalue weighted by Crippen LogP contribution is -2.02. The Kier molecular flexibility index (Phi) is 4.84. The van der Waals surface area contributed by atoms with Crippen LogP contribution < -0.4 is 9.47 Å². The normalized spacial score (nSPS) is 14.2. The average Bonchev–Trinajstić information content (AvgIpc) is 2.95. The first-order valence-corrected chi connectivity index (χ1v) is 7.89. The SMILES string of the molecule is COC(=O)CCc1ccc2c(c1)/C(=C/c1ccc(OC)cc1)C(=O)O2. The fourth-order valence-electron chi connectivity index (χ4n) is 2.65. The summed E-state index contributed by atoms with van der Waals surface area (Å²) < 4.78 is 15.1. The van der Waals surface area contributed by atoms with Gasteiger partial charge in [0.1, 0.15) is 11.5 Å². The van der Waals surface area contributed by atoms with E-state index in [-0.39, 0.29) is 11.9 Å². The van der Waals surface area contributed by atoms with Gasteiger partial charge in [-0.1, -0.05) is 18.2 Å². The van der Waals surface area contributed by atoms with Gasteiger partial charge in [0.2, 0.25) is 0 Å². The van der Waals surface area contributed by atoms with Gasteiger partial charge in [-0.2, -0.15) is 0 Å². The van der Waals surface area contributed by atoms with Crippen LogP contribution >= 0.6 is 0 Å². The summed E-state index contributed by atoms with van der Waals surface area (Å²) in [6.07, 6.45) is 2.63. The molecule has 25 heavy (non-hydrogen) atoms. The molecular weight excluding hydrogens is 320 g/mol. The minimum atomic E-state index is -0.379. The van der Waals surface area contributed by atoms with Gasteiger partial charge in [0.15, 0.2) is 0 Å². The smallest absolute Gasteiger partial charge is 0.344 e. The zero-order valence-corrected chi connectivity index (χ0v) is 14.1. The van der Waals surface area contributed by atoms with Crippen molar-refractivity contribution >= 4 is 23.6 Å². The van der Waals surface area contributed by atoms with Crippen molar-refractivity contribution in [1.29, 1.82) is 0 Å². The standard InChI is InChI=1S/C20H18O5/c1-23-15-7-3-13(4-8-15)12-17-16-11-14(6-10-19(21)24-2)5-9-18(16)25-20(17)22/h3-5,7-9,11-12H,6,10H2,1-2H3/b17-12-. The molecule has 0 bridgehead atoms. The predicted octanol–water partition coefficient (Wildman–Crippen LogP) is 3.26. The molecule has 2 aromatic carbocycles. The van der Waals surface area contributed by atoms with Gasteiger partial charge < -0.3 is 14.2 Å². The van der Waals surface area contributed by atoms with Crippen molar-refractivity contribution in [3.05, 3.63) is 59.2 Å². The first-order valence-electron chi connectivity index (χ1n) is 7.89. The minimum Gasteiger partial charge on any atom is -0.497 e. The molecule has 0 aliphatic carbocycles. The van der Waals surface area contributed by atoms with Crippen molar-refractivity contribution in [2.45, 2.75) is 12.8 Å². The molecule has 0 amide bonds. The van der Waals surface area contributed by atoms with Crippen LogP contribution in [0.4, 0.5) is 0 Å². The van der Waals surface area contributed by atoms with Crippen LogP contribution in [0.15, 0.2) is 42.5 Å². The van der Waals surface area contributed by atoms with E-state index in [2.05, 4.69) is 4.74 Å². The van der Waals surface area contributed by atoms with Crippen LogP contribution in [0.5, 0.6) is 11.5 Å². The first kappa shape index (κ1) is 16.8. The molecule has 0 saturated carbocycles. The lowest BCUT2D eigenvalue weighted by Gasteiger charge is -2.04. The Morgan fingerprint density at radius 1 is 1.12 bits per heavy atom. The van der Waals surface area contributed by atoms with Crippen molar-refractivity contribution in [2.24, 2.45) is 0 Å². The number of methoxy groups -OCH3 is 2. The van der Waals surface area contributed by atoms with Crippen LogP contribution in [-0.2, 0) is 20.7 Å². The third-order valence-electron chi connectivity index (χ3n) is 4.03. The van der Waals surface area contributed by atoms with Crippen LogP contribution in [0.2, 0.25) is 0 Å². The molecule has 0 spiro atoms. The van der Waals surface area contributed by atoms with Gasteiger partial charge in [-0.3, -0.25) is 4.79 Å². The van der Waals surface area contributed by atoms with E-state index in [9.17, 15) is 9.59 Å². The molecule has 3 rings (SSSR count). The minimum absolute atomic E-state index is 0.262. The molecule has 0 aromatic heterocycles. The Bertz CT molecular complexity index is 834. The van der Waals surface area contributed by atoms with E-state index in [0.29, 0.717) is 24.2 Å². The number of aryl methyl sites for hydroxylation is 1. The maximum atomic E-state index is 12.2. The third-order valence-corrected chi connectivity index (χ3v) is 4.03. The highest BCUT2D eigenvalue weighted by atomic mass is 16.5.